The van der Waals surface area contributed by atoms with Crippen LogP contribution in [0.2, 0.25) is 0 Å². The first-order chi connectivity index (χ1) is 19.5. The van der Waals surface area contributed by atoms with Crippen LogP contribution in [0.1, 0.15) is 37.1 Å². The van der Waals surface area contributed by atoms with Crippen molar-refractivity contribution in [3.05, 3.63) is 119 Å². The zero-order valence-corrected chi connectivity index (χ0v) is 22.3. The van der Waals surface area contributed by atoms with Gasteiger partial charge in [0.15, 0.2) is 34.8 Å². The number of aromatic hydroxyl groups is 1. The third-order valence-electron chi connectivity index (χ3n) is 6.34. The Hall–Kier alpha value is -4.27. The number of phenolic OH excluding ortho intramolecular Hbond substituents is 1. The van der Waals surface area contributed by atoms with Crippen molar-refractivity contribution in [2.45, 2.75) is 32.4 Å². The normalized spacial score (nSPS) is 11.4. The lowest BCUT2D eigenvalue weighted by Gasteiger charge is -2.10. The molecular weight excluding hydrogens is 549 g/mol. The van der Waals surface area contributed by atoms with Crippen molar-refractivity contribution >= 4 is 0 Å². The Morgan fingerprint density at radius 2 is 1.29 bits per heavy atom. The number of hydrogen-bond acceptors (Lipinski definition) is 2. The molecule has 1 N–H and O–H groups in total. The minimum absolute atomic E-state index is 0.0386. The van der Waals surface area contributed by atoms with E-state index in [1.54, 1.807) is 13.0 Å². The Balaban J connectivity index is 0.000000278. The van der Waals surface area contributed by atoms with Gasteiger partial charge >= 0.3 is 0 Å². The third-order valence-corrected chi connectivity index (χ3v) is 6.34. The van der Waals surface area contributed by atoms with E-state index in [4.69, 9.17) is 0 Å². The third kappa shape index (κ3) is 6.90. The van der Waals surface area contributed by atoms with Crippen LogP contribution in [0.3, 0.4) is 0 Å². The summed E-state index contributed by atoms with van der Waals surface area (Å²) in [6.07, 6.45) is 1.17. The van der Waals surface area contributed by atoms with Gasteiger partial charge in [-0.2, -0.15) is 8.78 Å². The number of ether oxygens (including phenoxy) is 1. The van der Waals surface area contributed by atoms with E-state index in [-0.39, 0.29) is 34.4 Å². The number of alkyl halides is 1. The molecule has 4 aromatic carbocycles. The minimum Gasteiger partial charge on any atom is -0.505 e. The summed E-state index contributed by atoms with van der Waals surface area (Å²) in [4.78, 5) is 0. The van der Waals surface area contributed by atoms with Gasteiger partial charge in [-0.15, -0.1) is 6.58 Å². The summed E-state index contributed by atoms with van der Waals surface area (Å²) in [5.74, 6) is -7.65. The standard InChI is InChI=1S/C22H16F4O.C10H11F3O/c1-2-3-4-15-9-10-16(20(24)19(15)23)13-5-7-14(8-6-13)17-11-12-18(27)22(26)21(17)25;1-3-7(11)6-4-5-8(14-2)10(13)9(6)12/h2,5-12,27H,1,3-4H2;4-5,7H,3H2,1-2H3. The number of allylic oxidation sites excluding steroid dienone is 1. The summed E-state index contributed by atoms with van der Waals surface area (Å²) in [5, 5.41) is 9.20. The number of phenols is 1. The first-order valence-electron chi connectivity index (χ1n) is 12.6. The Morgan fingerprint density at radius 1 is 0.732 bits per heavy atom. The summed E-state index contributed by atoms with van der Waals surface area (Å²) < 4.78 is 100. The highest BCUT2D eigenvalue weighted by molar-refractivity contribution is 5.71. The number of methoxy groups -OCH3 is 1. The topological polar surface area (TPSA) is 29.5 Å². The second-order valence-corrected chi connectivity index (χ2v) is 8.93. The Bertz CT molecular complexity index is 1520. The first kappa shape index (κ1) is 31.3. The summed E-state index contributed by atoms with van der Waals surface area (Å²) in [7, 11) is 1.23. The van der Waals surface area contributed by atoms with Crippen molar-refractivity contribution < 1.29 is 40.6 Å². The quantitative estimate of drug-likeness (QED) is 0.167. The van der Waals surface area contributed by atoms with Crippen LogP contribution in [0.5, 0.6) is 11.5 Å². The summed E-state index contributed by atoms with van der Waals surface area (Å²) in [5.41, 5.74) is 0.811. The maximum atomic E-state index is 14.4. The average Bonchev–Trinajstić information content (AvgIpc) is 2.98. The van der Waals surface area contributed by atoms with Crippen molar-refractivity contribution in [1.82, 2.24) is 0 Å². The highest BCUT2D eigenvalue weighted by Crippen LogP contribution is 2.33. The molecule has 0 fully saturated rings. The van der Waals surface area contributed by atoms with E-state index >= 15 is 0 Å². The molecule has 1 atom stereocenters. The summed E-state index contributed by atoms with van der Waals surface area (Å²) in [6, 6.07) is 13.7. The van der Waals surface area contributed by atoms with Crippen molar-refractivity contribution in [3.8, 4) is 33.8 Å². The van der Waals surface area contributed by atoms with Crippen LogP contribution >= 0.6 is 0 Å². The van der Waals surface area contributed by atoms with Gasteiger partial charge < -0.3 is 9.84 Å². The number of halogens is 7. The van der Waals surface area contributed by atoms with E-state index in [1.165, 1.54) is 61.7 Å². The van der Waals surface area contributed by atoms with Crippen molar-refractivity contribution in [2.24, 2.45) is 0 Å². The molecule has 0 radical (unpaired) electrons. The predicted octanol–water partition coefficient (Wildman–Crippen LogP) is 9.80. The van der Waals surface area contributed by atoms with E-state index in [0.29, 0.717) is 24.0 Å². The van der Waals surface area contributed by atoms with Crippen LogP contribution in [0.25, 0.3) is 22.3 Å². The lowest BCUT2D eigenvalue weighted by Crippen LogP contribution is -2.00. The second-order valence-electron chi connectivity index (χ2n) is 8.93. The lowest BCUT2D eigenvalue weighted by atomic mass is 9.97. The fourth-order valence-corrected chi connectivity index (χ4v) is 4.02. The molecule has 216 valence electrons. The minimum atomic E-state index is -1.48. The Labute approximate surface area is 233 Å². The molecule has 0 saturated heterocycles. The molecular formula is C32H27F7O2. The van der Waals surface area contributed by atoms with Crippen LogP contribution in [0.15, 0.2) is 73.3 Å². The number of benzene rings is 4. The van der Waals surface area contributed by atoms with Crippen molar-refractivity contribution in [3.63, 3.8) is 0 Å². The molecule has 0 bridgehead atoms. The Kier molecular flexibility index (Phi) is 10.6. The van der Waals surface area contributed by atoms with E-state index < -0.39 is 46.8 Å². The predicted molar refractivity (Wildman–Crippen MR) is 144 cm³/mol. The van der Waals surface area contributed by atoms with Gasteiger partial charge in [0.05, 0.1) is 7.11 Å². The van der Waals surface area contributed by atoms with Gasteiger partial charge in [0.2, 0.25) is 11.6 Å². The molecule has 41 heavy (non-hydrogen) atoms. The fourth-order valence-electron chi connectivity index (χ4n) is 4.02. The van der Waals surface area contributed by atoms with E-state index in [0.717, 1.165) is 6.07 Å². The molecule has 0 aliphatic rings. The van der Waals surface area contributed by atoms with Gasteiger partial charge in [0, 0.05) is 16.7 Å². The van der Waals surface area contributed by atoms with Crippen LogP contribution < -0.4 is 4.74 Å². The van der Waals surface area contributed by atoms with Crippen molar-refractivity contribution in [1.29, 1.82) is 0 Å². The van der Waals surface area contributed by atoms with E-state index in [2.05, 4.69) is 11.3 Å². The number of hydrogen-bond donors (Lipinski definition) is 1. The van der Waals surface area contributed by atoms with Crippen LogP contribution in [0.4, 0.5) is 30.7 Å². The fraction of sp³-hybridized carbons (Fsp3) is 0.188. The number of aryl methyl sites for hydroxylation is 1. The SMILES string of the molecule is C=CCCc1ccc(-c2ccc(-c3ccc(O)c(F)c3F)cc2)c(F)c1F.CCC(F)c1ccc(OC)c(F)c1F. The van der Waals surface area contributed by atoms with Crippen LogP contribution in [-0.4, -0.2) is 12.2 Å². The monoisotopic (exact) mass is 576 g/mol. The summed E-state index contributed by atoms with van der Waals surface area (Å²) >= 11 is 0. The second kappa shape index (κ2) is 13.9. The summed E-state index contributed by atoms with van der Waals surface area (Å²) in [6.45, 7) is 5.12. The smallest absolute Gasteiger partial charge is 0.200 e. The van der Waals surface area contributed by atoms with Crippen molar-refractivity contribution in [2.75, 3.05) is 7.11 Å². The Morgan fingerprint density at radius 3 is 1.83 bits per heavy atom. The molecule has 0 spiro atoms. The molecule has 4 rings (SSSR count). The van der Waals surface area contributed by atoms with Crippen LogP contribution in [-0.2, 0) is 6.42 Å². The van der Waals surface area contributed by atoms with Gasteiger partial charge in [0.25, 0.3) is 0 Å². The molecule has 0 saturated carbocycles. The van der Waals surface area contributed by atoms with Gasteiger partial charge in [-0.05, 0) is 60.2 Å². The molecule has 0 heterocycles. The van der Waals surface area contributed by atoms with Gasteiger partial charge in [-0.1, -0.05) is 49.4 Å². The zero-order chi connectivity index (χ0) is 30.3. The molecule has 1 unspecified atom stereocenters. The molecule has 0 aliphatic carbocycles. The highest BCUT2D eigenvalue weighted by Gasteiger charge is 2.19. The van der Waals surface area contributed by atoms with Gasteiger partial charge in [0.1, 0.15) is 6.17 Å². The lowest BCUT2D eigenvalue weighted by molar-refractivity contribution is 0.313. The molecule has 2 nitrogen and oxygen atoms in total. The molecule has 0 amide bonds. The van der Waals surface area contributed by atoms with Crippen LogP contribution in [0, 0.1) is 34.9 Å². The zero-order valence-electron chi connectivity index (χ0n) is 22.3. The molecule has 0 aliphatic heterocycles. The largest absolute Gasteiger partial charge is 0.505 e. The molecule has 4 aromatic rings. The number of rotatable bonds is 8. The van der Waals surface area contributed by atoms with E-state index in [1.807, 2.05) is 0 Å². The van der Waals surface area contributed by atoms with Gasteiger partial charge in [-0.3, -0.25) is 0 Å². The average molecular weight is 577 g/mol. The van der Waals surface area contributed by atoms with Gasteiger partial charge in [-0.25, -0.2) is 22.0 Å². The molecule has 0 aromatic heterocycles. The maximum absolute atomic E-state index is 14.4. The first-order valence-corrected chi connectivity index (χ1v) is 12.6. The molecule has 9 heteroatoms. The van der Waals surface area contributed by atoms with E-state index in [9.17, 15) is 35.8 Å². The highest BCUT2D eigenvalue weighted by atomic mass is 19.2. The maximum Gasteiger partial charge on any atom is 0.200 e.